The van der Waals surface area contributed by atoms with E-state index in [1.165, 1.54) is 0 Å². The van der Waals surface area contributed by atoms with Gasteiger partial charge in [0.05, 0.1) is 6.10 Å². The first-order valence-electron chi connectivity index (χ1n) is 6.18. The van der Waals surface area contributed by atoms with E-state index in [0.29, 0.717) is 23.2 Å². The minimum atomic E-state index is -0.142. The first kappa shape index (κ1) is 12.4. The van der Waals surface area contributed by atoms with Crippen molar-refractivity contribution >= 4 is 28.6 Å². The van der Waals surface area contributed by atoms with Gasteiger partial charge in [0.25, 0.3) is 11.3 Å². The molecule has 1 aromatic heterocycles. The lowest BCUT2D eigenvalue weighted by Gasteiger charge is -2.10. The fraction of sp³-hybridized carbons (Fsp3) is 0.385. The summed E-state index contributed by atoms with van der Waals surface area (Å²) in [6, 6.07) is 5.04. The second-order valence-electron chi connectivity index (χ2n) is 4.49. The Labute approximate surface area is 114 Å². The average Bonchev–Trinajstić information content (AvgIpc) is 3.02. The van der Waals surface area contributed by atoms with Gasteiger partial charge in [-0.1, -0.05) is 0 Å². The van der Waals surface area contributed by atoms with Gasteiger partial charge in [-0.05, 0) is 42.6 Å². The van der Waals surface area contributed by atoms with E-state index in [9.17, 15) is 4.79 Å². The highest BCUT2D eigenvalue weighted by Gasteiger charge is 2.17. The van der Waals surface area contributed by atoms with Gasteiger partial charge in [0.15, 0.2) is 5.58 Å². The second kappa shape index (κ2) is 5.19. The van der Waals surface area contributed by atoms with Gasteiger partial charge in [-0.3, -0.25) is 4.79 Å². The normalized spacial score (nSPS) is 18.9. The van der Waals surface area contributed by atoms with Gasteiger partial charge in [-0.25, -0.2) is 0 Å². The molecule has 0 saturated carbocycles. The standard InChI is InChI=1S/C13H13ClN2O3/c14-13-16-10-6-8(3-4-11(10)19-13)12(17)15-7-9-2-1-5-18-9/h3-4,6,9H,1-2,5,7H2,(H,15,17)/t9-/m0/s1. The van der Waals surface area contributed by atoms with E-state index in [1.807, 2.05) is 0 Å². The summed E-state index contributed by atoms with van der Waals surface area (Å²) in [6.45, 7) is 1.32. The van der Waals surface area contributed by atoms with Crippen molar-refractivity contribution in [2.45, 2.75) is 18.9 Å². The van der Waals surface area contributed by atoms with Crippen LogP contribution in [0.25, 0.3) is 11.1 Å². The third-order valence-corrected chi connectivity index (χ3v) is 3.30. The van der Waals surface area contributed by atoms with Crippen LogP contribution in [0.2, 0.25) is 5.35 Å². The molecule has 1 fully saturated rings. The molecule has 1 aliphatic heterocycles. The van der Waals surface area contributed by atoms with Crippen LogP contribution in [0.4, 0.5) is 0 Å². The van der Waals surface area contributed by atoms with Gasteiger partial charge in [0.1, 0.15) is 5.52 Å². The highest BCUT2D eigenvalue weighted by molar-refractivity contribution is 6.28. The van der Waals surface area contributed by atoms with Crippen molar-refractivity contribution in [1.82, 2.24) is 10.3 Å². The lowest BCUT2D eigenvalue weighted by atomic mass is 10.2. The van der Waals surface area contributed by atoms with Crippen LogP contribution < -0.4 is 5.32 Å². The van der Waals surface area contributed by atoms with Crippen LogP contribution in [-0.2, 0) is 4.74 Å². The molecule has 1 saturated heterocycles. The number of rotatable bonds is 3. The van der Waals surface area contributed by atoms with E-state index in [-0.39, 0.29) is 17.4 Å². The van der Waals surface area contributed by atoms with E-state index in [0.717, 1.165) is 19.4 Å². The maximum Gasteiger partial charge on any atom is 0.293 e. The minimum Gasteiger partial charge on any atom is -0.428 e. The summed E-state index contributed by atoms with van der Waals surface area (Å²) in [5.74, 6) is -0.142. The summed E-state index contributed by atoms with van der Waals surface area (Å²) < 4.78 is 10.6. The van der Waals surface area contributed by atoms with Crippen molar-refractivity contribution < 1.29 is 13.9 Å². The van der Waals surface area contributed by atoms with Crippen LogP contribution in [0.5, 0.6) is 0 Å². The Morgan fingerprint density at radius 3 is 3.21 bits per heavy atom. The summed E-state index contributed by atoms with van der Waals surface area (Å²) in [5.41, 5.74) is 1.69. The topological polar surface area (TPSA) is 64.4 Å². The Balaban J connectivity index is 1.69. The molecule has 0 radical (unpaired) electrons. The van der Waals surface area contributed by atoms with Crippen LogP contribution in [0.1, 0.15) is 23.2 Å². The molecule has 0 bridgehead atoms. The highest BCUT2D eigenvalue weighted by Crippen LogP contribution is 2.20. The quantitative estimate of drug-likeness (QED) is 0.937. The van der Waals surface area contributed by atoms with Crippen LogP contribution in [0, 0.1) is 0 Å². The van der Waals surface area contributed by atoms with E-state index in [2.05, 4.69) is 10.3 Å². The number of carbonyl (C=O) groups excluding carboxylic acids is 1. The average molecular weight is 281 g/mol. The minimum absolute atomic E-state index is 0.0758. The summed E-state index contributed by atoms with van der Waals surface area (Å²) in [6.07, 6.45) is 2.19. The number of amides is 1. The number of nitrogens with zero attached hydrogens (tertiary/aromatic N) is 1. The molecule has 2 aromatic rings. The molecule has 1 aliphatic rings. The number of aromatic nitrogens is 1. The van der Waals surface area contributed by atoms with Crippen molar-refractivity contribution in [2.75, 3.05) is 13.2 Å². The van der Waals surface area contributed by atoms with E-state index < -0.39 is 0 Å². The molecule has 0 aliphatic carbocycles. The van der Waals surface area contributed by atoms with Crippen LogP contribution in [0.3, 0.4) is 0 Å². The molecule has 1 amide bonds. The Morgan fingerprint density at radius 2 is 2.42 bits per heavy atom. The summed E-state index contributed by atoms with van der Waals surface area (Å²) in [7, 11) is 0. The number of fused-ring (bicyclic) bond motifs is 1. The SMILES string of the molecule is O=C(NC[C@@H]1CCCO1)c1ccc2oc(Cl)nc2c1. The molecule has 3 rings (SSSR count). The highest BCUT2D eigenvalue weighted by atomic mass is 35.5. The van der Waals surface area contributed by atoms with Crippen molar-refractivity contribution in [3.63, 3.8) is 0 Å². The fourth-order valence-corrected chi connectivity index (χ4v) is 2.33. The first-order chi connectivity index (χ1) is 9.22. The Bertz CT molecular complexity index is 605. The number of hydrogen-bond acceptors (Lipinski definition) is 4. The van der Waals surface area contributed by atoms with Gasteiger partial charge in [0, 0.05) is 18.7 Å². The van der Waals surface area contributed by atoms with Crippen LogP contribution in [-0.4, -0.2) is 30.1 Å². The van der Waals surface area contributed by atoms with Crippen molar-refractivity contribution in [2.24, 2.45) is 0 Å². The van der Waals surface area contributed by atoms with Crippen LogP contribution in [0.15, 0.2) is 22.6 Å². The number of carbonyl (C=O) groups is 1. The number of nitrogens with one attached hydrogen (secondary N) is 1. The van der Waals surface area contributed by atoms with Crippen LogP contribution >= 0.6 is 11.6 Å². The largest absolute Gasteiger partial charge is 0.428 e. The molecular weight excluding hydrogens is 268 g/mol. The molecule has 2 heterocycles. The summed E-state index contributed by atoms with van der Waals surface area (Å²) in [5, 5.41) is 2.93. The Hall–Kier alpha value is -1.59. The van der Waals surface area contributed by atoms with Gasteiger partial charge in [-0.2, -0.15) is 4.98 Å². The van der Waals surface area contributed by atoms with E-state index in [1.54, 1.807) is 18.2 Å². The fourth-order valence-electron chi connectivity index (χ4n) is 2.15. The lowest BCUT2D eigenvalue weighted by Crippen LogP contribution is -2.31. The predicted octanol–water partition coefficient (Wildman–Crippen LogP) is 2.39. The first-order valence-corrected chi connectivity index (χ1v) is 6.56. The molecular formula is C13H13ClN2O3. The van der Waals surface area contributed by atoms with E-state index in [4.69, 9.17) is 20.8 Å². The van der Waals surface area contributed by atoms with Gasteiger partial charge in [-0.15, -0.1) is 0 Å². The predicted molar refractivity (Wildman–Crippen MR) is 70.3 cm³/mol. The Kier molecular flexibility index (Phi) is 3.40. The molecule has 100 valence electrons. The third-order valence-electron chi connectivity index (χ3n) is 3.14. The third kappa shape index (κ3) is 2.72. The lowest BCUT2D eigenvalue weighted by molar-refractivity contribution is 0.0858. The number of oxazole rings is 1. The molecule has 0 spiro atoms. The molecule has 19 heavy (non-hydrogen) atoms. The number of hydrogen-bond donors (Lipinski definition) is 1. The van der Waals surface area contributed by atoms with E-state index >= 15 is 0 Å². The molecule has 1 aromatic carbocycles. The Morgan fingerprint density at radius 1 is 1.53 bits per heavy atom. The summed E-state index contributed by atoms with van der Waals surface area (Å²) in [4.78, 5) is 16.0. The van der Waals surface area contributed by atoms with Gasteiger partial charge >= 0.3 is 0 Å². The zero-order valence-electron chi connectivity index (χ0n) is 10.2. The molecule has 5 nitrogen and oxygen atoms in total. The molecule has 6 heteroatoms. The van der Waals surface area contributed by atoms with Crippen molar-refractivity contribution in [3.8, 4) is 0 Å². The number of ether oxygens (including phenoxy) is 1. The zero-order valence-corrected chi connectivity index (χ0v) is 10.9. The zero-order chi connectivity index (χ0) is 13.2. The summed E-state index contributed by atoms with van der Waals surface area (Å²) >= 11 is 5.67. The smallest absolute Gasteiger partial charge is 0.293 e. The molecule has 1 atom stereocenters. The molecule has 0 unspecified atom stereocenters. The van der Waals surface area contributed by atoms with Crippen molar-refractivity contribution in [3.05, 3.63) is 29.1 Å². The number of benzene rings is 1. The van der Waals surface area contributed by atoms with Gasteiger partial charge < -0.3 is 14.5 Å². The molecule has 1 N–H and O–H groups in total. The number of halogens is 1. The second-order valence-corrected chi connectivity index (χ2v) is 4.82. The maximum atomic E-state index is 12.0. The van der Waals surface area contributed by atoms with Gasteiger partial charge in [0.2, 0.25) is 0 Å². The maximum absolute atomic E-state index is 12.0. The monoisotopic (exact) mass is 280 g/mol. The van der Waals surface area contributed by atoms with Crippen molar-refractivity contribution in [1.29, 1.82) is 0 Å².